The van der Waals surface area contributed by atoms with Gasteiger partial charge in [-0.25, -0.2) is 9.18 Å². The van der Waals surface area contributed by atoms with Crippen LogP contribution in [0.5, 0.6) is 0 Å². The summed E-state index contributed by atoms with van der Waals surface area (Å²) in [5, 5.41) is 11.3. The fourth-order valence-corrected chi connectivity index (χ4v) is 1.92. The van der Waals surface area contributed by atoms with Crippen LogP contribution < -0.4 is 11.0 Å². The third-order valence-electron chi connectivity index (χ3n) is 2.74. The Bertz CT molecular complexity index is 533. The van der Waals surface area contributed by atoms with Gasteiger partial charge in [0, 0.05) is 19.5 Å². The van der Waals surface area contributed by atoms with E-state index < -0.39 is 24.2 Å². The van der Waals surface area contributed by atoms with Gasteiger partial charge in [-0.15, -0.1) is 0 Å². The fraction of sp³-hybridized carbons (Fsp3) is 0.545. The van der Waals surface area contributed by atoms with Crippen LogP contribution in [-0.2, 0) is 9.53 Å². The highest BCUT2D eigenvalue weighted by Crippen LogP contribution is 2.30. The average Bonchev–Trinajstić information content (AvgIpc) is 2.70. The van der Waals surface area contributed by atoms with Crippen LogP contribution in [0.3, 0.4) is 0 Å². The fourth-order valence-electron chi connectivity index (χ4n) is 1.92. The number of aliphatic hydroxyl groups excluding tert-OH is 1. The maximum atomic E-state index is 13.7. The molecule has 2 rings (SSSR count). The molecule has 19 heavy (non-hydrogen) atoms. The molecular weight excluding hydrogens is 257 g/mol. The molecule has 0 spiro atoms. The van der Waals surface area contributed by atoms with Crippen molar-refractivity contribution in [2.24, 2.45) is 0 Å². The summed E-state index contributed by atoms with van der Waals surface area (Å²) in [6.07, 6.45) is -1.77. The van der Waals surface area contributed by atoms with E-state index >= 15 is 0 Å². The largest absolute Gasteiger partial charge is 0.394 e. The summed E-state index contributed by atoms with van der Waals surface area (Å²) in [4.78, 5) is 26.2. The van der Waals surface area contributed by atoms with Crippen LogP contribution in [0.15, 0.2) is 17.1 Å². The predicted molar refractivity (Wildman–Crippen MR) is 63.3 cm³/mol. The summed E-state index contributed by atoms with van der Waals surface area (Å²) in [5.41, 5.74) is -0.725. The maximum Gasteiger partial charge on any atom is 0.351 e. The minimum Gasteiger partial charge on any atom is -0.394 e. The molecule has 1 aromatic heterocycles. The van der Waals surface area contributed by atoms with Crippen LogP contribution in [0, 0.1) is 0 Å². The second kappa shape index (κ2) is 5.45. The van der Waals surface area contributed by atoms with Gasteiger partial charge in [-0.3, -0.25) is 9.36 Å². The van der Waals surface area contributed by atoms with Gasteiger partial charge in [0.1, 0.15) is 12.0 Å². The minimum atomic E-state index is -1.39. The van der Waals surface area contributed by atoms with Gasteiger partial charge in [-0.1, -0.05) is 0 Å². The molecule has 0 radical (unpaired) electrons. The molecule has 3 atom stereocenters. The molecule has 8 heteroatoms. The Morgan fingerprint density at radius 1 is 1.74 bits per heavy atom. The van der Waals surface area contributed by atoms with Crippen molar-refractivity contribution in [3.05, 3.63) is 22.7 Å². The topological polar surface area (TPSA) is 93.5 Å². The molecule has 2 heterocycles. The van der Waals surface area contributed by atoms with Crippen LogP contribution in [0.1, 0.15) is 19.6 Å². The van der Waals surface area contributed by atoms with Crippen molar-refractivity contribution in [3.63, 3.8) is 0 Å². The van der Waals surface area contributed by atoms with Gasteiger partial charge < -0.3 is 15.2 Å². The average molecular weight is 271 g/mol. The summed E-state index contributed by atoms with van der Waals surface area (Å²) in [7, 11) is 0. The zero-order chi connectivity index (χ0) is 14.0. The number of carbonyl (C=O) groups excluding carboxylic acids is 1. The zero-order valence-electron chi connectivity index (χ0n) is 10.2. The molecule has 0 aromatic carbocycles. The van der Waals surface area contributed by atoms with E-state index in [-0.39, 0.29) is 24.8 Å². The van der Waals surface area contributed by atoms with Crippen molar-refractivity contribution < 1.29 is 19.0 Å². The Kier molecular flexibility index (Phi) is 3.91. The number of hydrogen-bond donors (Lipinski definition) is 2. The van der Waals surface area contributed by atoms with E-state index in [2.05, 4.69) is 10.3 Å². The van der Waals surface area contributed by atoms with E-state index in [1.807, 2.05) is 0 Å². The molecule has 0 bridgehead atoms. The number of aliphatic hydroxyl groups is 1. The van der Waals surface area contributed by atoms with E-state index in [4.69, 9.17) is 9.84 Å². The highest BCUT2D eigenvalue weighted by atomic mass is 19.1. The number of carbonyl (C=O) groups is 1. The number of amides is 1. The third-order valence-corrected chi connectivity index (χ3v) is 2.74. The van der Waals surface area contributed by atoms with Gasteiger partial charge in [0.25, 0.3) is 0 Å². The molecule has 1 aliphatic heterocycles. The summed E-state index contributed by atoms with van der Waals surface area (Å²) in [6.45, 7) is 0.986. The van der Waals surface area contributed by atoms with Crippen molar-refractivity contribution in [2.75, 3.05) is 11.9 Å². The quantitative estimate of drug-likeness (QED) is 0.795. The number of nitrogens with zero attached hydrogens (tertiary/aromatic N) is 2. The maximum absolute atomic E-state index is 13.7. The Hall–Kier alpha value is -1.80. The third kappa shape index (κ3) is 2.96. The summed E-state index contributed by atoms with van der Waals surface area (Å²) >= 11 is 0. The van der Waals surface area contributed by atoms with Gasteiger partial charge in [-0.05, 0) is 6.07 Å². The lowest BCUT2D eigenvalue weighted by Gasteiger charge is -2.16. The number of ether oxygens (including phenoxy) is 1. The second-order valence-corrected chi connectivity index (χ2v) is 4.27. The molecule has 1 fully saturated rings. The first-order valence-corrected chi connectivity index (χ1v) is 5.78. The summed E-state index contributed by atoms with van der Waals surface area (Å²) in [6, 6.07) is 1.38. The number of halogens is 1. The summed E-state index contributed by atoms with van der Waals surface area (Å²) < 4.78 is 19.9. The van der Waals surface area contributed by atoms with Crippen molar-refractivity contribution in [1.29, 1.82) is 0 Å². The highest BCUT2D eigenvalue weighted by Gasteiger charge is 2.36. The van der Waals surface area contributed by atoms with Crippen LogP contribution in [-0.4, -0.2) is 39.4 Å². The smallest absolute Gasteiger partial charge is 0.351 e. The van der Waals surface area contributed by atoms with Crippen LogP contribution in [0.2, 0.25) is 0 Å². The molecule has 1 saturated heterocycles. The van der Waals surface area contributed by atoms with Crippen molar-refractivity contribution in [1.82, 2.24) is 9.55 Å². The van der Waals surface area contributed by atoms with Crippen LogP contribution in [0.4, 0.5) is 10.2 Å². The lowest BCUT2D eigenvalue weighted by Crippen LogP contribution is -2.31. The SMILES string of the molecule is CC(=O)Nc1ccn([C@@H]2O[C@H](CO)C[C@H]2F)c(=O)n1. The van der Waals surface area contributed by atoms with Crippen LogP contribution in [0.25, 0.3) is 0 Å². The van der Waals surface area contributed by atoms with E-state index in [0.29, 0.717) is 0 Å². The minimum absolute atomic E-state index is 0.0288. The molecule has 1 aromatic rings. The number of anilines is 1. The Balaban J connectivity index is 2.22. The lowest BCUT2D eigenvalue weighted by molar-refractivity contribution is -0.114. The number of alkyl halides is 1. The molecule has 0 saturated carbocycles. The number of hydrogen-bond acceptors (Lipinski definition) is 5. The standard InChI is InChI=1S/C11H14FN3O4/c1-6(17)13-9-2-3-15(11(18)14-9)10-8(12)4-7(5-16)19-10/h2-3,7-8,10,16H,4-5H2,1H3,(H,13,14,17,18)/t7-,8+,10+/m0/s1. The highest BCUT2D eigenvalue weighted by molar-refractivity contribution is 5.87. The monoisotopic (exact) mass is 271 g/mol. The molecule has 104 valence electrons. The molecule has 1 aliphatic rings. The van der Waals surface area contributed by atoms with Crippen LogP contribution >= 0.6 is 0 Å². The zero-order valence-corrected chi connectivity index (χ0v) is 10.2. The van der Waals surface area contributed by atoms with Gasteiger partial charge in [0.2, 0.25) is 5.91 Å². The van der Waals surface area contributed by atoms with Crippen molar-refractivity contribution in [3.8, 4) is 0 Å². The Labute approximate surface area is 108 Å². The van der Waals surface area contributed by atoms with Gasteiger partial charge in [-0.2, -0.15) is 4.98 Å². The molecule has 0 aliphatic carbocycles. The number of nitrogens with one attached hydrogen (secondary N) is 1. The molecule has 2 N–H and O–H groups in total. The molecule has 7 nitrogen and oxygen atoms in total. The lowest BCUT2D eigenvalue weighted by atomic mass is 10.2. The Morgan fingerprint density at radius 3 is 3.00 bits per heavy atom. The van der Waals surface area contributed by atoms with E-state index in [1.54, 1.807) is 0 Å². The predicted octanol–water partition coefficient (Wildman–Crippen LogP) is -0.180. The second-order valence-electron chi connectivity index (χ2n) is 4.27. The first-order valence-electron chi connectivity index (χ1n) is 5.78. The van der Waals surface area contributed by atoms with Crippen molar-refractivity contribution >= 4 is 11.7 Å². The van der Waals surface area contributed by atoms with E-state index in [1.165, 1.54) is 19.2 Å². The Morgan fingerprint density at radius 2 is 2.47 bits per heavy atom. The number of rotatable bonds is 3. The van der Waals surface area contributed by atoms with Gasteiger partial charge in [0.05, 0.1) is 12.7 Å². The first-order chi connectivity index (χ1) is 9.01. The summed E-state index contributed by atoms with van der Waals surface area (Å²) in [5.74, 6) is -0.258. The van der Waals surface area contributed by atoms with E-state index in [0.717, 1.165) is 4.57 Å². The molecule has 1 amide bonds. The van der Waals surface area contributed by atoms with Gasteiger partial charge in [0.15, 0.2) is 6.23 Å². The van der Waals surface area contributed by atoms with E-state index in [9.17, 15) is 14.0 Å². The van der Waals surface area contributed by atoms with Crippen molar-refractivity contribution in [2.45, 2.75) is 31.8 Å². The normalized spacial score (nSPS) is 26.4. The number of aromatic nitrogens is 2. The van der Waals surface area contributed by atoms with Gasteiger partial charge >= 0.3 is 5.69 Å². The molecule has 0 unspecified atom stereocenters. The molecular formula is C11H14FN3O4. The first kappa shape index (κ1) is 13.6.